The van der Waals surface area contributed by atoms with E-state index in [-0.39, 0.29) is 72.0 Å². The maximum Gasteiger partial charge on any atom is 0.306 e. The third-order valence-corrected chi connectivity index (χ3v) is 15.5. The molecule has 418 valence electrons. The third-order valence-electron chi connectivity index (χ3n) is 15.5. The molecule has 0 bridgehead atoms. The highest BCUT2D eigenvalue weighted by Gasteiger charge is 2.51. The molecule has 79 heavy (non-hydrogen) atoms. The molecule has 3 saturated heterocycles. The Bertz CT molecular complexity index is 3110. The van der Waals surface area contributed by atoms with E-state index >= 15 is 0 Å². The van der Waals surface area contributed by atoms with Crippen LogP contribution in [0.25, 0.3) is 10.9 Å². The topological polar surface area (TPSA) is 331 Å². The minimum Gasteiger partial charge on any atom is -0.507 e. The first-order chi connectivity index (χ1) is 37.9. The van der Waals surface area contributed by atoms with Crippen molar-refractivity contribution in [2.24, 2.45) is 5.73 Å². The number of nitrogens with zero attached hydrogens (tertiary/aromatic N) is 5. The third kappa shape index (κ3) is 11.6. The van der Waals surface area contributed by atoms with Gasteiger partial charge in [0.15, 0.2) is 18.7 Å². The molecule has 4 aromatic rings. The average molecular weight is 1090 g/mol. The van der Waals surface area contributed by atoms with Crippen LogP contribution in [0.15, 0.2) is 48.7 Å². The van der Waals surface area contributed by atoms with E-state index in [4.69, 9.17) is 29.4 Å². The van der Waals surface area contributed by atoms with Crippen molar-refractivity contribution in [3.63, 3.8) is 0 Å². The number of aromatic hydroxyl groups is 2. The van der Waals surface area contributed by atoms with Crippen molar-refractivity contribution in [1.82, 2.24) is 25.0 Å². The molecule has 4 heterocycles. The highest BCUT2D eigenvalue weighted by atomic mass is 16.7. The molecule has 6 unspecified atom stereocenters. The van der Waals surface area contributed by atoms with Gasteiger partial charge in [-0.05, 0) is 62.9 Å². The summed E-state index contributed by atoms with van der Waals surface area (Å²) in [5.41, 5.74) is 2.90. The van der Waals surface area contributed by atoms with Crippen molar-refractivity contribution in [3.8, 4) is 29.1 Å². The Morgan fingerprint density at radius 2 is 1.73 bits per heavy atom. The van der Waals surface area contributed by atoms with Crippen LogP contribution in [-0.4, -0.2) is 183 Å². The fourth-order valence-corrected chi connectivity index (χ4v) is 11.2. The smallest absolute Gasteiger partial charge is 0.306 e. The average Bonchev–Trinajstić information content (AvgIpc) is 4.08. The molecule has 1 aromatic heterocycles. The first-order valence-electron chi connectivity index (χ1n) is 26.4. The number of hydrogen-bond acceptors (Lipinski definition) is 20. The summed E-state index contributed by atoms with van der Waals surface area (Å²) in [5, 5.41) is 58.8. The molecular formula is C56H63N7O16. The van der Waals surface area contributed by atoms with E-state index in [9.17, 15) is 59.2 Å². The SMILES string of the molecule is COc1cccc2c1C(=O)c1c(O)c3c(c(O)c1C2=O)CC(O)(C(=O)COC(=O)CCCC(=O)N1CCN(CCCOc2ccc4nccc(C(=O)NCC(=O)N5CCC[C@H]5C#N)c4c2)CC1)CC3OC1CC(N)C(O)C(C)O1. The zero-order valence-electron chi connectivity index (χ0n) is 43.8. The van der Waals surface area contributed by atoms with Gasteiger partial charge in [-0.3, -0.25) is 43.4 Å². The van der Waals surface area contributed by atoms with Crippen molar-refractivity contribution in [2.75, 3.05) is 66.1 Å². The van der Waals surface area contributed by atoms with Crippen LogP contribution in [0, 0.1) is 11.3 Å². The number of carbonyl (C=O) groups is 7. The van der Waals surface area contributed by atoms with E-state index in [2.05, 4.69) is 21.3 Å². The van der Waals surface area contributed by atoms with Crippen molar-refractivity contribution in [2.45, 2.75) is 107 Å². The van der Waals surface area contributed by atoms with E-state index in [1.54, 1.807) is 36.1 Å². The summed E-state index contributed by atoms with van der Waals surface area (Å²) in [6.07, 6.45) is -2.33. The monoisotopic (exact) mass is 1090 g/mol. The molecule has 23 nitrogen and oxygen atoms in total. The Hall–Kier alpha value is -7.59. The summed E-state index contributed by atoms with van der Waals surface area (Å²) in [5.74, 6) is -5.26. The van der Waals surface area contributed by atoms with Crippen LogP contribution < -0.4 is 20.5 Å². The van der Waals surface area contributed by atoms with Crippen molar-refractivity contribution in [3.05, 3.63) is 87.6 Å². The van der Waals surface area contributed by atoms with Crippen molar-refractivity contribution in [1.29, 1.82) is 5.26 Å². The predicted octanol–water partition coefficient (Wildman–Crippen LogP) is 2.13. The van der Waals surface area contributed by atoms with Gasteiger partial charge in [0.25, 0.3) is 5.91 Å². The Morgan fingerprint density at radius 3 is 2.48 bits per heavy atom. The molecular weight excluding hydrogens is 1030 g/mol. The van der Waals surface area contributed by atoms with E-state index in [0.717, 1.165) is 6.42 Å². The Labute approximate surface area is 454 Å². The second kappa shape index (κ2) is 23.8. The summed E-state index contributed by atoms with van der Waals surface area (Å²) in [4.78, 5) is 104. The van der Waals surface area contributed by atoms with Gasteiger partial charge in [0.2, 0.25) is 23.4 Å². The number of aromatic nitrogens is 1. The number of ether oxygens (including phenoxy) is 5. The van der Waals surface area contributed by atoms with E-state index in [1.807, 2.05) is 0 Å². The lowest BCUT2D eigenvalue weighted by Crippen LogP contribution is -2.53. The van der Waals surface area contributed by atoms with Gasteiger partial charge in [0.05, 0.1) is 72.4 Å². The van der Waals surface area contributed by atoms with Gasteiger partial charge in [-0.2, -0.15) is 5.26 Å². The van der Waals surface area contributed by atoms with Crippen LogP contribution >= 0.6 is 0 Å². The largest absolute Gasteiger partial charge is 0.507 e. The van der Waals surface area contributed by atoms with E-state index in [0.29, 0.717) is 80.9 Å². The molecule has 0 spiro atoms. The number of aliphatic hydroxyl groups is 2. The highest BCUT2D eigenvalue weighted by molar-refractivity contribution is 6.31. The minimum atomic E-state index is -2.42. The number of pyridine rings is 1. The molecule has 3 aromatic carbocycles. The number of nitrogens with two attached hydrogens (primary N) is 1. The molecule has 3 amide bonds. The summed E-state index contributed by atoms with van der Waals surface area (Å²) < 4.78 is 28.8. The number of likely N-dealkylation sites (tertiary alicyclic amines) is 1. The second-order valence-corrected chi connectivity index (χ2v) is 20.5. The standard InChI is InChI=1S/C56H63N7O16/c1-30-50(68)37(58)24-45(78-30)79-40-26-56(74,25-36-47(40)54(72)49-48(52(36)70)51(69)34-8-3-9-39(75-2)46(34)53(49)71)41(64)29-77-44(67)11-4-10-42(65)62-20-18-61(19-21-62)16-6-22-76-32-12-13-38-35(23-32)33(14-15-59-38)55(73)60-28-43(66)63-17-5-7-31(63)27-57/h3,8-9,12-15,23,30-31,37,40,45,50,68,70,72,74H,4-7,10-11,16-22,24-26,28-29,58H2,1-2H3,(H,60,73)/t30?,31-,37?,40?,45?,50?,56?/m0/s1. The van der Waals surface area contributed by atoms with Crippen molar-refractivity contribution >= 4 is 51.9 Å². The zero-order valence-corrected chi connectivity index (χ0v) is 43.8. The van der Waals surface area contributed by atoms with Crippen LogP contribution in [0.4, 0.5) is 0 Å². The van der Waals surface area contributed by atoms with Crippen LogP contribution in [0.2, 0.25) is 0 Å². The molecule has 7 N–H and O–H groups in total. The Morgan fingerprint density at radius 1 is 0.962 bits per heavy atom. The maximum absolute atomic E-state index is 14.1. The lowest BCUT2D eigenvalue weighted by atomic mass is 9.72. The Balaban J connectivity index is 0.738. The summed E-state index contributed by atoms with van der Waals surface area (Å²) in [6, 6.07) is 12.0. The molecule has 5 aliphatic rings. The van der Waals surface area contributed by atoms with Gasteiger partial charge in [-0.25, -0.2) is 0 Å². The first kappa shape index (κ1) is 56.1. The number of fused-ring (bicyclic) bond motifs is 4. The van der Waals surface area contributed by atoms with Crippen LogP contribution in [0.1, 0.15) is 118 Å². The number of benzene rings is 3. The second-order valence-electron chi connectivity index (χ2n) is 20.5. The molecule has 0 radical (unpaired) electrons. The van der Waals surface area contributed by atoms with Gasteiger partial charge in [0, 0.05) is 106 Å². The van der Waals surface area contributed by atoms with Crippen LogP contribution in [0.5, 0.6) is 23.0 Å². The Kier molecular flexibility index (Phi) is 16.9. The van der Waals surface area contributed by atoms with Gasteiger partial charge in [0.1, 0.15) is 34.6 Å². The number of nitrogens with one attached hydrogen (secondary N) is 1. The number of aliphatic hydroxyl groups excluding tert-OH is 1. The lowest BCUT2D eigenvalue weighted by Gasteiger charge is -2.42. The quantitative estimate of drug-likeness (QED) is 0.0416. The van der Waals surface area contributed by atoms with E-state index < -0.39 is 114 Å². The predicted molar refractivity (Wildman–Crippen MR) is 277 cm³/mol. The number of amides is 3. The fourth-order valence-electron chi connectivity index (χ4n) is 11.2. The number of carbonyl (C=O) groups excluding carboxylic acids is 7. The van der Waals surface area contributed by atoms with Crippen LogP contribution in [0.3, 0.4) is 0 Å². The number of phenolic OH excluding ortho intramolecular Hbond substituents is 2. The molecule has 9 rings (SSSR count). The number of hydrogen-bond donors (Lipinski definition) is 6. The van der Waals surface area contributed by atoms with Gasteiger partial charge >= 0.3 is 5.97 Å². The number of nitriles is 1. The first-order valence-corrected chi connectivity index (χ1v) is 26.4. The highest BCUT2D eigenvalue weighted by Crippen LogP contribution is 2.52. The fraction of sp³-hybridized carbons (Fsp3) is 0.482. The van der Waals surface area contributed by atoms with Crippen LogP contribution in [-0.2, 0) is 39.8 Å². The number of methoxy groups -OCH3 is 1. The maximum atomic E-state index is 14.1. The summed E-state index contributed by atoms with van der Waals surface area (Å²) >= 11 is 0. The molecule has 2 aliphatic carbocycles. The number of piperazine rings is 1. The summed E-state index contributed by atoms with van der Waals surface area (Å²) in [6.45, 7) is 4.17. The van der Waals surface area contributed by atoms with Crippen molar-refractivity contribution < 1.29 is 77.7 Å². The minimum absolute atomic E-state index is 0.0366. The zero-order chi connectivity index (χ0) is 56.3. The molecule has 3 fully saturated rings. The van der Waals surface area contributed by atoms with E-state index in [1.165, 1.54) is 36.4 Å². The molecule has 0 saturated carbocycles. The van der Waals surface area contributed by atoms with Gasteiger partial charge < -0.3 is 65.0 Å². The number of ketones is 3. The summed E-state index contributed by atoms with van der Waals surface area (Å²) in [7, 11) is 1.31. The molecule has 7 atom stereocenters. The number of phenols is 2. The number of Topliss-reactive ketones (excluding diaryl/α,β-unsaturated/α-hetero) is 1. The lowest BCUT2D eigenvalue weighted by molar-refractivity contribution is -0.247. The number of esters is 1. The number of rotatable bonds is 18. The molecule has 3 aliphatic heterocycles. The van der Waals surface area contributed by atoms with Gasteiger partial charge in [-0.15, -0.1) is 0 Å². The normalized spacial score (nSPS) is 23.7. The molecule has 23 heteroatoms. The van der Waals surface area contributed by atoms with Gasteiger partial charge in [-0.1, -0.05) is 12.1 Å².